The van der Waals surface area contributed by atoms with Crippen LogP contribution in [0.4, 0.5) is 0 Å². The van der Waals surface area contributed by atoms with Gasteiger partial charge in [-0.25, -0.2) is 0 Å². The number of thiol groups is 1. The lowest BCUT2D eigenvalue weighted by atomic mass is 9.89. The van der Waals surface area contributed by atoms with Crippen molar-refractivity contribution in [2.24, 2.45) is 5.92 Å². The summed E-state index contributed by atoms with van der Waals surface area (Å²) in [5.74, 6) is -0.158. The molecule has 2 aromatic carbocycles. The molecule has 0 aliphatic carbocycles. The number of aliphatic carboxylic acids is 1. The summed E-state index contributed by atoms with van der Waals surface area (Å²) in [4.78, 5) is 20.7. The third kappa shape index (κ3) is 14.8. The molecule has 1 aliphatic heterocycles. The summed E-state index contributed by atoms with van der Waals surface area (Å²) in [5, 5.41) is 9.18. The van der Waals surface area contributed by atoms with Crippen LogP contribution in [0.25, 0.3) is 0 Å². The summed E-state index contributed by atoms with van der Waals surface area (Å²) in [6.45, 7) is 8.58. The van der Waals surface area contributed by atoms with E-state index in [1.165, 1.54) is 0 Å². The first-order valence-electron chi connectivity index (χ1n) is 13.6. The number of carboxylic acid groups (broad SMARTS) is 1. The molecule has 0 aromatic heterocycles. The van der Waals surface area contributed by atoms with Gasteiger partial charge in [-0.3, -0.25) is 9.59 Å². The average molecular weight is 583 g/mol. The van der Waals surface area contributed by atoms with E-state index in [9.17, 15) is 9.59 Å². The van der Waals surface area contributed by atoms with Gasteiger partial charge in [0.1, 0.15) is 5.75 Å². The lowest BCUT2D eigenvalue weighted by Crippen LogP contribution is -2.41. The Morgan fingerprint density at radius 1 is 1.05 bits per heavy atom. The summed E-state index contributed by atoms with van der Waals surface area (Å²) >= 11 is 9.12. The van der Waals surface area contributed by atoms with Gasteiger partial charge in [0.2, 0.25) is 0 Å². The van der Waals surface area contributed by atoms with E-state index in [0.717, 1.165) is 56.1 Å². The van der Waals surface area contributed by atoms with E-state index in [2.05, 4.69) is 18.7 Å². The van der Waals surface area contributed by atoms with E-state index in [1.807, 2.05) is 45.9 Å². The van der Waals surface area contributed by atoms with Crippen molar-refractivity contribution in [3.05, 3.63) is 64.7 Å². The van der Waals surface area contributed by atoms with Crippen molar-refractivity contribution in [2.75, 3.05) is 20.0 Å². The molecule has 6 nitrogen and oxygen atoms in total. The van der Waals surface area contributed by atoms with Crippen molar-refractivity contribution >= 4 is 36.5 Å². The second-order valence-corrected chi connectivity index (χ2v) is 9.50. The van der Waals surface area contributed by atoms with Gasteiger partial charge in [-0.15, -0.1) is 0 Å². The van der Waals surface area contributed by atoms with Gasteiger partial charge in [0.25, 0.3) is 0 Å². The Bertz CT molecular complexity index is 937. The summed E-state index contributed by atoms with van der Waals surface area (Å²) < 4.78 is 17.7. The van der Waals surface area contributed by atoms with Crippen LogP contribution in [-0.2, 0) is 14.3 Å². The SMILES string of the molecule is CC.COc1ccccc1C1OC(C)(C)OCC1CCCCCCCC(=O)O.CS.O=Cc1ccccc1Cl. The van der Waals surface area contributed by atoms with Crippen molar-refractivity contribution in [1.82, 2.24) is 0 Å². The van der Waals surface area contributed by atoms with Crippen LogP contribution in [-0.4, -0.2) is 43.1 Å². The van der Waals surface area contributed by atoms with E-state index in [1.54, 1.807) is 37.6 Å². The minimum Gasteiger partial charge on any atom is -0.496 e. The molecular weight excluding hydrogens is 536 g/mol. The fraction of sp³-hybridized carbons (Fsp3) is 0.548. The molecule has 39 heavy (non-hydrogen) atoms. The highest BCUT2D eigenvalue weighted by atomic mass is 35.5. The van der Waals surface area contributed by atoms with E-state index in [4.69, 9.17) is 30.9 Å². The molecule has 2 atom stereocenters. The van der Waals surface area contributed by atoms with Gasteiger partial charge >= 0.3 is 5.97 Å². The number of unbranched alkanes of at least 4 members (excludes halogenated alkanes) is 4. The Labute approximate surface area is 245 Å². The largest absolute Gasteiger partial charge is 0.496 e. The lowest BCUT2D eigenvalue weighted by Gasteiger charge is -2.41. The molecule has 0 radical (unpaired) electrons. The highest BCUT2D eigenvalue weighted by Gasteiger charge is 2.38. The molecule has 0 amide bonds. The highest BCUT2D eigenvalue weighted by molar-refractivity contribution is 7.79. The first kappa shape index (κ1) is 36.9. The third-order valence-corrected chi connectivity index (χ3v) is 6.27. The van der Waals surface area contributed by atoms with Crippen LogP contribution in [0.15, 0.2) is 48.5 Å². The molecule has 3 rings (SSSR count). The van der Waals surface area contributed by atoms with Gasteiger partial charge < -0.3 is 19.3 Å². The Hall–Kier alpha value is -2.06. The molecule has 1 aliphatic rings. The maximum absolute atomic E-state index is 10.5. The van der Waals surface area contributed by atoms with E-state index >= 15 is 0 Å². The van der Waals surface area contributed by atoms with Crippen LogP contribution >= 0.6 is 24.2 Å². The number of rotatable bonds is 11. The van der Waals surface area contributed by atoms with Crippen molar-refractivity contribution in [3.8, 4) is 5.75 Å². The summed E-state index contributed by atoms with van der Waals surface area (Å²) in [7, 11) is 1.69. The van der Waals surface area contributed by atoms with Gasteiger partial charge in [-0.05, 0) is 45.1 Å². The van der Waals surface area contributed by atoms with Crippen LogP contribution in [0.2, 0.25) is 5.02 Å². The van der Waals surface area contributed by atoms with Crippen LogP contribution in [0.1, 0.15) is 94.7 Å². The number of hydrogen-bond donors (Lipinski definition) is 2. The normalized spacial score (nSPS) is 17.1. The van der Waals surface area contributed by atoms with E-state index in [0.29, 0.717) is 23.1 Å². The molecule has 1 fully saturated rings. The van der Waals surface area contributed by atoms with Crippen molar-refractivity contribution in [1.29, 1.82) is 0 Å². The lowest BCUT2D eigenvalue weighted by molar-refractivity contribution is -0.296. The topological polar surface area (TPSA) is 82.1 Å². The molecule has 0 saturated carbocycles. The standard InChI is InChI=1S/C21H32O5.C7H5ClO.C2H6.CH4S/c1-21(2)25-15-16(11-7-5-4-6-8-14-19(22)23)20(26-21)17-12-9-10-13-18(17)24-3;8-7-4-2-1-3-6(7)5-9;2*1-2/h9-10,12-13,16,20H,4-8,11,14-15H2,1-3H3,(H,22,23);1-5H;1-2H3;2H,1H3. The fourth-order valence-corrected chi connectivity index (χ4v) is 4.25. The smallest absolute Gasteiger partial charge is 0.303 e. The van der Waals surface area contributed by atoms with Crippen molar-refractivity contribution in [3.63, 3.8) is 0 Å². The zero-order valence-electron chi connectivity index (χ0n) is 24.3. The summed E-state index contributed by atoms with van der Waals surface area (Å²) in [6.07, 6.45) is 8.72. The molecule has 1 saturated heterocycles. The van der Waals surface area contributed by atoms with E-state index < -0.39 is 11.8 Å². The van der Waals surface area contributed by atoms with Gasteiger partial charge in [-0.2, -0.15) is 12.6 Å². The number of benzene rings is 2. The number of hydrogen-bond acceptors (Lipinski definition) is 6. The van der Waals surface area contributed by atoms with Crippen LogP contribution in [0, 0.1) is 5.92 Å². The quantitative estimate of drug-likeness (QED) is 0.157. The maximum atomic E-state index is 10.5. The zero-order chi connectivity index (χ0) is 29.7. The predicted molar refractivity (Wildman–Crippen MR) is 163 cm³/mol. The number of halogens is 1. The third-order valence-electron chi connectivity index (χ3n) is 5.93. The molecular formula is C31H47ClO6S. The highest BCUT2D eigenvalue weighted by Crippen LogP contribution is 2.42. The number of para-hydroxylation sites is 1. The van der Waals surface area contributed by atoms with Gasteiger partial charge in [0.05, 0.1) is 24.8 Å². The Balaban J connectivity index is 0.000000924. The number of carboxylic acids is 1. The van der Waals surface area contributed by atoms with Crippen LogP contribution < -0.4 is 4.74 Å². The zero-order valence-corrected chi connectivity index (χ0v) is 26.0. The summed E-state index contributed by atoms with van der Waals surface area (Å²) in [5.41, 5.74) is 1.62. The van der Waals surface area contributed by atoms with Crippen molar-refractivity contribution < 1.29 is 28.9 Å². The molecule has 2 unspecified atom stereocenters. The molecule has 1 N–H and O–H groups in total. The molecule has 8 heteroatoms. The minimum absolute atomic E-state index is 0.0399. The van der Waals surface area contributed by atoms with Crippen LogP contribution in [0.3, 0.4) is 0 Å². The Morgan fingerprint density at radius 2 is 1.64 bits per heavy atom. The predicted octanol–water partition coefficient (Wildman–Crippen LogP) is 8.68. The fourth-order valence-electron chi connectivity index (χ4n) is 4.07. The monoisotopic (exact) mass is 582 g/mol. The second-order valence-electron chi connectivity index (χ2n) is 9.09. The summed E-state index contributed by atoms with van der Waals surface area (Å²) in [6, 6.07) is 15.0. The molecule has 220 valence electrons. The van der Waals surface area contributed by atoms with Crippen molar-refractivity contribution in [2.45, 2.75) is 84.5 Å². The molecule has 0 bridgehead atoms. The van der Waals surface area contributed by atoms with Crippen LogP contribution in [0.5, 0.6) is 5.75 Å². The van der Waals surface area contributed by atoms with Gasteiger partial charge in [-0.1, -0.05) is 87.5 Å². The first-order valence-corrected chi connectivity index (χ1v) is 14.9. The Kier molecular flexibility index (Phi) is 20.6. The number of methoxy groups -OCH3 is 1. The minimum atomic E-state index is -0.705. The van der Waals surface area contributed by atoms with Gasteiger partial charge in [0.15, 0.2) is 12.1 Å². The molecule has 0 spiro atoms. The average Bonchev–Trinajstić information content (AvgIpc) is 2.95. The molecule has 2 aromatic rings. The second kappa shape index (κ2) is 21.7. The van der Waals surface area contributed by atoms with Gasteiger partial charge in [0, 0.05) is 23.5 Å². The number of aldehydes is 1. The molecule has 1 heterocycles. The maximum Gasteiger partial charge on any atom is 0.303 e. The number of carbonyl (C=O) groups is 2. The number of carbonyl (C=O) groups excluding carboxylic acids is 1. The van der Waals surface area contributed by atoms with E-state index in [-0.39, 0.29) is 12.5 Å². The Morgan fingerprint density at radius 3 is 2.23 bits per heavy atom. The first-order chi connectivity index (χ1) is 18.8. The number of ether oxygens (including phenoxy) is 3.